The van der Waals surface area contributed by atoms with E-state index in [4.69, 9.17) is 25.2 Å². The maximum Gasteiger partial charge on any atom is 0.143 e. The maximum absolute atomic E-state index is 8.35. The van der Waals surface area contributed by atoms with Gasteiger partial charge in [0.1, 0.15) is 11.2 Å². The molecule has 1 aromatic heterocycles. The van der Waals surface area contributed by atoms with Crippen LogP contribution < -0.4 is 5.73 Å². The average molecular weight is 270 g/mol. The molecule has 0 atom stereocenters. The van der Waals surface area contributed by atoms with Crippen LogP contribution in [0.3, 0.4) is 0 Å². The summed E-state index contributed by atoms with van der Waals surface area (Å²) < 4.78 is 95.0. The van der Waals surface area contributed by atoms with Crippen LogP contribution in [-0.4, -0.2) is 0 Å². The zero-order valence-electron chi connectivity index (χ0n) is 21.0. The lowest BCUT2D eigenvalue weighted by atomic mass is 10.0. The second kappa shape index (κ2) is 4.14. The number of nitrogen functional groups attached to an aromatic ring is 1. The SMILES string of the molecule is [2H]c1c([2H])c(-c2c([2H])c([2H])c([2H])c3c2oc2c([2H])c([2H])c([2H])c([2H])c23)c([2H])c([2H])c1N. The van der Waals surface area contributed by atoms with Crippen LogP contribution in [0.2, 0.25) is 0 Å². The smallest absolute Gasteiger partial charge is 0.143 e. The molecular formula is C18H13NO. The number of anilines is 1. The Morgan fingerprint density at radius 2 is 1.55 bits per heavy atom. The number of furan rings is 1. The Hall–Kier alpha value is -2.74. The summed E-state index contributed by atoms with van der Waals surface area (Å²) in [6.07, 6.45) is 0. The van der Waals surface area contributed by atoms with E-state index >= 15 is 0 Å². The van der Waals surface area contributed by atoms with Crippen molar-refractivity contribution >= 4 is 27.6 Å². The third kappa shape index (κ3) is 1.58. The van der Waals surface area contributed by atoms with Gasteiger partial charge in [0, 0.05) is 22.0 Å². The molecule has 96 valence electrons. The number of para-hydroxylation sites is 2. The molecule has 0 aliphatic rings. The molecular weight excluding hydrogens is 246 g/mol. The highest BCUT2D eigenvalue weighted by atomic mass is 16.3. The summed E-state index contributed by atoms with van der Waals surface area (Å²) in [5.41, 5.74) is 3.95. The van der Waals surface area contributed by atoms with Crippen molar-refractivity contribution in [2.45, 2.75) is 0 Å². The molecule has 0 spiro atoms. The Labute approximate surface area is 131 Å². The van der Waals surface area contributed by atoms with Gasteiger partial charge in [0.15, 0.2) is 0 Å². The zero-order valence-corrected chi connectivity index (χ0v) is 9.99. The van der Waals surface area contributed by atoms with Crippen LogP contribution in [0.15, 0.2) is 70.9 Å². The lowest BCUT2D eigenvalue weighted by Gasteiger charge is -2.03. The Morgan fingerprint density at radius 3 is 2.40 bits per heavy atom. The van der Waals surface area contributed by atoms with E-state index in [1.54, 1.807) is 0 Å². The van der Waals surface area contributed by atoms with Crippen molar-refractivity contribution in [1.29, 1.82) is 0 Å². The average Bonchev–Trinajstić information content (AvgIpc) is 3.14. The lowest BCUT2D eigenvalue weighted by molar-refractivity contribution is 0.670. The second-order valence-corrected chi connectivity index (χ2v) is 4.05. The minimum atomic E-state index is -0.619. The minimum absolute atomic E-state index is 0.161. The fourth-order valence-corrected chi connectivity index (χ4v) is 1.95. The van der Waals surface area contributed by atoms with Crippen molar-refractivity contribution in [3.8, 4) is 11.1 Å². The van der Waals surface area contributed by atoms with Crippen LogP contribution in [0.25, 0.3) is 33.1 Å². The third-order valence-corrected chi connectivity index (χ3v) is 2.83. The van der Waals surface area contributed by atoms with Gasteiger partial charge >= 0.3 is 0 Å². The van der Waals surface area contributed by atoms with Gasteiger partial charge in [-0.1, -0.05) is 48.3 Å². The Bertz CT molecular complexity index is 1430. The van der Waals surface area contributed by atoms with Gasteiger partial charge in [0.05, 0.1) is 15.1 Å². The van der Waals surface area contributed by atoms with Gasteiger partial charge in [0.25, 0.3) is 0 Å². The fraction of sp³-hybridized carbons (Fsp3) is 0. The molecule has 2 N–H and O–H groups in total. The van der Waals surface area contributed by atoms with Crippen molar-refractivity contribution in [2.24, 2.45) is 0 Å². The highest BCUT2D eigenvalue weighted by Gasteiger charge is 2.11. The largest absolute Gasteiger partial charge is 0.455 e. The molecule has 0 aliphatic heterocycles. The number of rotatable bonds is 1. The van der Waals surface area contributed by atoms with Gasteiger partial charge < -0.3 is 10.2 Å². The molecule has 4 aromatic rings. The first-order chi connectivity index (χ1) is 14.4. The molecule has 4 rings (SSSR count). The number of hydrogen-bond acceptors (Lipinski definition) is 2. The molecule has 0 saturated heterocycles. The van der Waals surface area contributed by atoms with Gasteiger partial charge in [-0.2, -0.15) is 0 Å². The molecule has 2 heteroatoms. The van der Waals surface area contributed by atoms with E-state index in [1.165, 1.54) is 0 Å². The standard InChI is InChI=1S/C18H13NO/c19-13-10-8-12(9-11-13)14-5-3-6-16-15-4-1-2-7-17(15)20-18(14)16/h1-11H,19H2/i1D,2D,3D,4D,5D,6D,7D,8D,9D,10D,11D. The quantitative estimate of drug-likeness (QED) is 0.503. The Balaban J connectivity index is 2.36. The maximum atomic E-state index is 8.35. The summed E-state index contributed by atoms with van der Waals surface area (Å²) in [5, 5.41) is -0.335. The molecule has 0 amide bonds. The topological polar surface area (TPSA) is 39.2 Å². The van der Waals surface area contributed by atoms with Crippen LogP contribution in [0.1, 0.15) is 15.1 Å². The normalized spacial score (nSPS) is 18.9. The predicted octanol–water partition coefficient (Wildman–Crippen LogP) is 4.84. The number of hydrogen-bond donors (Lipinski definition) is 1. The monoisotopic (exact) mass is 270 g/mol. The molecule has 0 saturated carbocycles. The van der Waals surface area contributed by atoms with Crippen molar-refractivity contribution in [3.05, 3.63) is 66.5 Å². The first-order valence-electron chi connectivity index (χ1n) is 11.2. The van der Waals surface area contributed by atoms with Crippen LogP contribution >= 0.6 is 0 Å². The number of fused-ring (bicyclic) bond motifs is 3. The number of benzene rings is 3. The van der Waals surface area contributed by atoms with E-state index in [0.29, 0.717) is 0 Å². The summed E-state index contributed by atoms with van der Waals surface area (Å²) >= 11 is 0. The van der Waals surface area contributed by atoms with Crippen molar-refractivity contribution in [2.75, 3.05) is 5.73 Å². The van der Waals surface area contributed by atoms with Gasteiger partial charge in [-0.05, 0) is 23.7 Å². The zero-order chi connectivity index (χ0) is 23.1. The van der Waals surface area contributed by atoms with Gasteiger partial charge in [-0.15, -0.1) is 0 Å². The van der Waals surface area contributed by atoms with E-state index in [-0.39, 0.29) is 33.1 Å². The highest BCUT2D eigenvalue weighted by molar-refractivity contribution is 6.09. The summed E-state index contributed by atoms with van der Waals surface area (Å²) in [6, 6.07) is -6.15. The molecule has 3 aromatic carbocycles. The fourth-order valence-electron chi connectivity index (χ4n) is 1.95. The first-order valence-corrected chi connectivity index (χ1v) is 5.70. The van der Waals surface area contributed by atoms with Crippen LogP contribution in [-0.2, 0) is 0 Å². The Morgan fingerprint density at radius 1 is 0.800 bits per heavy atom. The second-order valence-electron chi connectivity index (χ2n) is 4.05. The minimum Gasteiger partial charge on any atom is -0.455 e. The molecule has 0 fully saturated rings. The summed E-state index contributed by atoms with van der Waals surface area (Å²) in [7, 11) is 0. The Kier molecular flexibility index (Phi) is 0.966. The molecule has 1 heterocycles. The van der Waals surface area contributed by atoms with Gasteiger partial charge in [0.2, 0.25) is 0 Å². The van der Waals surface area contributed by atoms with Crippen LogP contribution in [0, 0.1) is 0 Å². The van der Waals surface area contributed by atoms with Gasteiger partial charge in [-0.3, -0.25) is 0 Å². The van der Waals surface area contributed by atoms with E-state index in [0.717, 1.165) is 0 Å². The van der Waals surface area contributed by atoms with Crippen LogP contribution in [0.5, 0.6) is 0 Å². The summed E-state index contributed by atoms with van der Waals surface area (Å²) in [6.45, 7) is 0. The van der Waals surface area contributed by atoms with E-state index < -0.39 is 72.2 Å². The highest BCUT2D eigenvalue weighted by Crippen LogP contribution is 2.35. The van der Waals surface area contributed by atoms with Gasteiger partial charge in [-0.25, -0.2) is 0 Å². The van der Waals surface area contributed by atoms with Crippen LogP contribution in [0.4, 0.5) is 5.69 Å². The molecule has 20 heavy (non-hydrogen) atoms. The predicted molar refractivity (Wildman–Crippen MR) is 83.6 cm³/mol. The number of nitrogens with two attached hydrogens (primary N) is 1. The first kappa shape index (κ1) is 4.67. The molecule has 0 radical (unpaired) electrons. The van der Waals surface area contributed by atoms with Crippen molar-refractivity contribution in [1.82, 2.24) is 0 Å². The van der Waals surface area contributed by atoms with E-state index in [1.807, 2.05) is 0 Å². The summed E-state index contributed by atoms with van der Waals surface area (Å²) in [4.78, 5) is 0. The van der Waals surface area contributed by atoms with E-state index in [2.05, 4.69) is 0 Å². The van der Waals surface area contributed by atoms with Crippen molar-refractivity contribution in [3.63, 3.8) is 0 Å². The summed E-state index contributed by atoms with van der Waals surface area (Å²) in [5.74, 6) is 0. The molecule has 0 bridgehead atoms. The molecule has 2 nitrogen and oxygen atoms in total. The third-order valence-electron chi connectivity index (χ3n) is 2.83. The van der Waals surface area contributed by atoms with E-state index in [9.17, 15) is 0 Å². The van der Waals surface area contributed by atoms with Crippen molar-refractivity contribution < 1.29 is 19.5 Å². The molecule has 0 unspecified atom stereocenters. The molecule has 0 aliphatic carbocycles. The lowest BCUT2D eigenvalue weighted by Crippen LogP contribution is -1.84.